The number of rotatable bonds is 7. The SMILES string of the molecule is CCn1cc(NC(=O)c2cc3nc(C4CC4)cc(C(F)(F)F)n3n2)c(C(=O)NCc2ccco2)n1. The minimum atomic E-state index is -4.67. The van der Waals surface area contributed by atoms with E-state index in [1.54, 1.807) is 19.1 Å². The third-order valence-electron chi connectivity index (χ3n) is 5.52. The second-order valence-corrected chi connectivity index (χ2v) is 8.10. The molecule has 5 rings (SSSR count). The van der Waals surface area contributed by atoms with Crippen molar-refractivity contribution in [3.63, 3.8) is 0 Å². The molecule has 0 atom stereocenters. The molecule has 35 heavy (non-hydrogen) atoms. The van der Waals surface area contributed by atoms with Crippen LogP contribution in [0.4, 0.5) is 18.9 Å². The van der Waals surface area contributed by atoms with E-state index in [1.165, 1.54) is 23.2 Å². The molecular weight excluding hydrogens is 467 g/mol. The zero-order valence-corrected chi connectivity index (χ0v) is 18.5. The minimum Gasteiger partial charge on any atom is -0.467 e. The van der Waals surface area contributed by atoms with E-state index in [2.05, 4.69) is 25.8 Å². The highest BCUT2D eigenvalue weighted by molar-refractivity contribution is 6.07. The normalized spacial score (nSPS) is 13.8. The van der Waals surface area contributed by atoms with Gasteiger partial charge < -0.3 is 15.1 Å². The van der Waals surface area contributed by atoms with E-state index in [4.69, 9.17) is 4.42 Å². The third-order valence-corrected chi connectivity index (χ3v) is 5.52. The molecule has 0 bridgehead atoms. The molecule has 1 fully saturated rings. The highest BCUT2D eigenvalue weighted by Gasteiger charge is 2.37. The molecule has 2 N–H and O–H groups in total. The van der Waals surface area contributed by atoms with Crippen LogP contribution in [0.2, 0.25) is 0 Å². The van der Waals surface area contributed by atoms with Gasteiger partial charge in [-0.2, -0.15) is 23.4 Å². The predicted molar refractivity (Wildman–Crippen MR) is 116 cm³/mol. The fourth-order valence-electron chi connectivity index (χ4n) is 3.59. The zero-order valence-electron chi connectivity index (χ0n) is 18.5. The number of nitrogens with one attached hydrogen (secondary N) is 2. The van der Waals surface area contributed by atoms with Gasteiger partial charge in [0.1, 0.15) is 11.5 Å². The van der Waals surface area contributed by atoms with E-state index in [0.29, 0.717) is 22.5 Å². The second-order valence-electron chi connectivity index (χ2n) is 8.10. The Morgan fingerprint density at radius 1 is 1.20 bits per heavy atom. The molecule has 1 aliphatic carbocycles. The zero-order chi connectivity index (χ0) is 24.7. The third kappa shape index (κ3) is 4.61. The van der Waals surface area contributed by atoms with Gasteiger partial charge in [0.2, 0.25) is 0 Å². The van der Waals surface area contributed by atoms with Gasteiger partial charge in [-0.05, 0) is 38.0 Å². The number of fused-ring (bicyclic) bond motifs is 1. The molecule has 0 spiro atoms. The number of amides is 2. The number of carbonyl (C=O) groups excluding carboxylic acids is 2. The maximum absolute atomic E-state index is 13.6. The summed E-state index contributed by atoms with van der Waals surface area (Å²) in [5.74, 6) is -0.848. The first kappa shape index (κ1) is 22.6. The highest BCUT2D eigenvalue weighted by atomic mass is 19.4. The average molecular weight is 487 g/mol. The molecule has 2 amide bonds. The van der Waals surface area contributed by atoms with Crippen LogP contribution < -0.4 is 10.6 Å². The molecule has 0 saturated heterocycles. The molecule has 4 aromatic rings. The smallest absolute Gasteiger partial charge is 0.433 e. The number of alkyl halides is 3. The van der Waals surface area contributed by atoms with Gasteiger partial charge in [0.05, 0.1) is 18.5 Å². The van der Waals surface area contributed by atoms with Crippen molar-refractivity contribution in [2.75, 3.05) is 5.32 Å². The van der Waals surface area contributed by atoms with Crippen molar-refractivity contribution in [2.24, 2.45) is 0 Å². The molecule has 1 aliphatic rings. The van der Waals surface area contributed by atoms with Crippen molar-refractivity contribution in [1.29, 1.82) is 0 Å². The number of nitrogens with zero attached hydrogens (tertiary/aromatic N) is 5. The Hall–Kier alpha value is -4.16. The standard InChI is InChI=1S/C22H20F3N7O3/c1-2-31-11-16(19(30-31)21(34)26-10-13-4-3-7-35-13)28-20(33)15-9-18-27-14(12-5-6-12)8-17(22(23,24)25)32(18)29-15/h3-4,7-9,11-12H,2,5-6,10H2,1H3,(H,26,34)(H,28,33). The van der Waals surface area contributed by atoms with Crippen LogP contribution in [0.15, 0.2) is 41.1 Å². The summed E-state index contributed by atoms with van der Waals surface area (Å²) >= 11 is 0. The lowest BCUT2D eigenvalue weighted by atomic mass is 10.2. The quantitative estimate of drug-likeness (QED) is 0.411. The summed E-state index contributed by atoms with van der Waals surface area (Å²) < 4.78 is 48.2. The fourth-order valence-corrected chi connectivity index (χ4v) is 3.59. The molecule has 0 unspecified atom stereocenters. The first-order valence-electron chi connectivity index (χ1n) is 10.9. The van der Waals surface area contributed by atoms with Crippen molar-refractivity contribution >= 4 is 23.1 Å². The molecule has 4 heterocycles. The summed E-state index contributed by atoms with van der Waals surface area (Å²) in [6.45, 7) is 2.33. The van der Waals surface area contributed by atoms with Gasteiger partial charge in [0.25, 0.3) is 11.8 Å². The molecule has 0 radical (unpaired) electrons. The predicted octanol–water partition coefficient (Wildman–Crippen LogP) is 3.62. The Morgan fingerprint density at radius 2 is 2.00 bits per heavy atom. The number of aryl methyl sites for hydroxylation is 1. The van der Waals surface area contributed by atoms with Crippen molar-refractivity contribution in [2.45, 2.75) is 44.9 Å². The number of halogens is 3. The van der Waals surface area contributed by atoms with E-state index in [-0.39, 0.29) is 35.2 Å². The van der Waals surface area contributed by atoms with E-state index in [0.717, 1.165) is 18.9 Å². The van der Waals surface area contributed by atoms with Crippen molar-refractivity contribution in [1.82, 2.24) is 29.7 Å². The number of aromatic nitrogens is 5. The molecule has 10 nitrogen and oxygen atoms in total. The van der Waals surface area contributed by atoms with Crippen LogP contribution in [-0.4, -0.2) is 36.2 Å². The Balaban J connectivity index is 1.42. The van der Waals surface area contributed by atoms with Crippen LogP contribution in [-0.2, 0) is 19.3 Å². The van der Waals surface area contributed by atoms with Gasteiger partial charge >= 0.3 is 6.18 Å². The topological polar surface area (TPSA) is 119 Å². The minimum absolute atomic E-state index is 0.0181. The van der Waals surface area contributed by atoms with E-state index in [9.17, 15) is 22.8 Å². The second kappa shape index (κ2) is 8.56. The number of hydrogen-bond acceptors (Lipinski definition) is 6. The molecular formula is C22H20F3N7O3. The monoisotopic (exact) mass is 487 g/mol. The van der Waals surface area contributed by atoms with E-state index < -0.39 is 23.7 Å². The van der Waals surface area contributed by atoms with Gasteiger partial charge in [-0.15, -0.1) is 0 Å². The van der Waals surface area contributed by atoms with Gasteiger partial charge in [-0.1, -0.05) is 0 Å². The van der Waals surface area contributed by atoms with E-state index >= 15 is 0 Å². The maximum Gasteiger partial charge on any atom is 0.433 e. The number of carbonyl (C=O) groups is 2. The van der Waals surface area contributed by atoms with Crippen LogP contribution >= 0.6 is 0 Å². The van der Waals surface area contributed by atoms with Crippen LogP contribution in [0.5, 0.6) is 0 Å². The van der Waals surface area contributed by atoms with Crippen LogP contribution in [0.25, 0.3) is 5.65 Å². The Labute approximate surface area is 196 Å². The van der Waals surface area contributed by atoms with E-state index in [1.807, 2.05) is 0 Å². The van der Waals surface area contributed by atoms with Crippen molar-refractivity contribution in [3.05, 3.63) is 65.3 Å². The molecule has 0 aromatic carbocycles. The summed E-state index contributed by atoms with van der Waals surface area (Å²) in [4.78, 5) is 29.9. The first-order valence-corrected chi connectivity index (χ1v) is 10.9. The number of hydrogen-bond donors (Lipinski definition) is 2. The van der Waals surface area contributed by atoms with Gasteiger partial charge in [-0.3, -0.25) is 14.3 Å². The summed E-state index contributed by atoms with van der Waals surface area (Å²) in [6.07, 6.45) is -0.199. The Kier molecular flexibility index (Phi) is 5.53. The van der Waals surface area contributed by atoms with Gasteiger partial charge in [0, 0.05) is 30.4 Å². The molecule has 182 valence electrons. The van der Waals surface area contributed by atoms with Gasteiger partial charge in [-0.25, -0.2) is 9.50 Å². The summed E-state index contributed by atoms with van der Waals surface area (Å²) in [5.41, 5.74) is -0.986. The van der Waals surface area contributed by atoms with Crippen molar-refractivity contribution in [3.8, 4) is 0 Å². The lowest BCUT2D eigenvalue weighted by Gasteiger charge is -2.10. The van der Waals surface area contributed by atoms with Crippen LogP contribution in [0, 0.1) is 0 Å². The molecule has 0 aliphatic heterocycles. The fraction of sp³-hybridized carbons (Fsp3) is 0.318. The summed E-state index contributed by atoms with van der Waals surface area (Å²) in [6, 6.07) is 5.54. The largest absolute Gasteiger partial charge is 0.467 e. The average Bonchev–Trinajstić information content (AvgIpc) is 3.21. The number of anilines is 1. The van der Waals surface area contributed by atoms with Crippen molar-refractivity contribution < 1.29 is 27.2 Å². The molecule has 1 saturated carbocycles. The summed E-state index contributed by atoms with van der Waals surface area (Å²) in [5, 5.41) is 13.2. The molecule has 4 aromatic heterocycles. The lowest BCUT2D eigenvalue weighted by molar-refractivity contribution is -0.142. The van der Waals surface area contributed by atoms with Gasteiger partial charge in [0.15, 0.2) is 17.0 Å². The Bertz CT molecular complexity index is 1400. The lowest BCUT2D eigenvalue weighted by Crippen LogP contribution is -2.25. The van der Waals surface area contributed by atoms with Crippen LogP contribution in [0.1, 0.15) is 63.8 Å². The summed E-state index contributed by atoms with van der Waals surface area (Å²) in [7, 11) is 0. The Morgan fingerprint density at radius 3 is 2.66 bits per heavy atom. The number of furan rings is 1. The van der Waals surface area contributed by atoms with Crippen LogP contribution in [0.3, 0.4) is 0 Å². The highest BCUT2D eigenvalue weighted by Crippen LogP contribution is 2.41. The first-order chi connectivity index (χ1) is 16.7. The maximum atomic E-state index is 13.6. The molecule has 13 heteroatoms.